The van der Waals surface area contributed by atoms with Crippen LogP contribution in [0.15, 0.2) is 30.5 Å². The van der Waals surface area contributed by atoms with Gasteiger partial charge >= 0.3 is 0 Å². The number of rotatable bonds is 6. The van der Waals surface area contributed by atoms with Gasteiger partial charge in [0.25, 0.3) is 5.91 Å². The molecule has 1 amide bonds. The lowest BCUT2D eigenvalue weighted by Crippen LogP contribution is -2.29. The Morgan fingerprint density at radius 3 is 2.82 bits per heavy atom. The van der Waals surface area contributed by atoms with E-state index in [4.69, 9.17) is 5.11 Å². The van der Waals surface area contributed by atoms with E-state index in [1.54, 1.807) is 6.20 Å². The van der Waals surface area contributed by atoms with Crippen LogP contribution >= 0.6 is 0 Å². The van der Waals surface area contributed by atoms with E-state index in [9.17, 15) is 4.79 Å². The van der Waals surface area contributed by atoms with Gasteiger partial charge < -0.3 is 15.0 Å². The smallest absolute Gasteiger partial charge is 0.253 e. The topological polar surface area (TPSA) is 67.2 Å². The summed E-state index contributed by atoms with van der Waals surface area (Å²) in [6.07, 6.45) is 2.43. The van der Waals surface area contributed by atoms with Crippen molar-refractivity contribution in [3.63, 3.8) is 0 Å². The van der Waals surface area contributed by atoms with Crippen LogP contribution in [-0.4, -0.2) is 33.7 Å². The Morgan fingerprint density at radius 2 is 2.18 bits per heavy atom. The predicted octanol–water partition coefficient (Wildman–Crippen LogP) is 2.24. The average molecular weight is 301 g/mol. The molecule has 0 aliphatic rings. The van der Waals surface area contributed by atoms with Crippen molar-refractivity contribution in [2.24, 2.45) is 5.92 Å². The SMILES string of the molecule is Cc1cc(C(=O)NCC(C)CCO)c(C)n1-c1ccccn1. The number of aromatic nitrogens is 2. The Morgan fingerprint density at radius 1 is 1.41 bits per heavy atom. The maximum Gasteiger partial charge on any atom is 0.253 e. The minimum atomic E-state index is -0.0833. The predicted molar refractivity (Wildman–Crippen MR) is 86.2 cm³/mol. The minimum absolute atomic E-state index is 0.0833. The highest BCUT2D eigenvalue weighted by molar-refractivity contribution is 5.95. The second-order valence-corrected chi connectivity index (χ2v) is 5.64. The van der Waals surface area contributed by atoms with Crippen molar-refractivity contribution >= 4 is 5.91 Å². The fourth-order valence-corrected chi connectivity index (χ4v) is 2.52. The number of pyridine rings is 1. The van der Waals surface area contributed by atoms with Crippen molar-refractivity contribution in [1.29, 1.82) is 0 Å². The summed E-state index contributed by atoms with van der Waals surface area (Å²) in [4.78, 5) is 16.7. The highest BCUT2D eigenvalue weighted by atomic mass is 16.3. The van der Waals surface area contributed by atoms with Crippen LogP contribution in [0.2, 0.25) is 0 Å². The number of nitrogens with zero attached hydrogens (tertiary/aromatic N) is 2. The molecule has 0 bridgehead atoms. The van der Waals surface area contributed by atoms with Crippen molar-refractivity contribution in [3.8, 4) is 5.82 Å². The van der Waals surface area contributed by atoms with Crippen LogP contribution in [0, 0.1) is 19.8 Å². The Hall–Kier alpha value is -2.14. The number of aliphatic hydroxyl groups excluding tert-OH is 1. The summed E-state index contributed by atoms with van der Waals surface area (Å²) in [5.41, 5.74) is 2.52. The monoisotopic (exact) mass is 301 g/mol. The number of carbonyl (C=O) groups excluding carboxylic acids is 1. The highest BCUT2D eigenvalue weighted by Gasteiger charge is 2.17. The summed E-state index contributed by atoms with van der Waals surface area (Å²) >= 11 is 0. The van der Waals surface area contributed by atoms with Crippen LogP contribution in [0.25, 0.3) is 5.82 Å². The lowest BCUT2D eigenvalue weighted by molar-refractivity contribution is 0.0945. The number of nitrogens with one attached hydrogen (secondary N) is 1. The summed E-state index contributed by atoms with van der Waals surface area (Å²) in [5, 5.41) is 11.8. The van der Waals surface area contributed by atoms with Gasteiger partial charge in [0.1, 0.15) is 5.82 Å². The Kier molecular flexibility index (Phi) is 5.33. The maximum atomic E-state index is 12.4. The van der Waals surface area contributed by atoms with Crippen molar-refractivity contribution in [3.05, 3.63) is 47.4 Å². The summed E-state index contributed by atoms with van der Waals surface area (Å²) in [6.45, 7) is 6.60. The molecular formula is C17H23N3O2. The first-order valence-electron chi connectivity index (χ1n) is 7.54. The largest absolute Gasteiger partial charge is 0.396 e. The second-order valence-electron chi connectivity index (χ2n) is 5.64. The third kappa shape index (κ3) is 3.54. The molecule has 2 aromatic rings. The van der Waals surface area contributed by atoms with Gasteiger partial charge in [0.15, 0.2) is 0 Å². The number of hydrogen-bond donors (Lipinski definition) is 2. The van der Waals surface area contributed by atoms with E-state index >= 15 is 0 Å². The molecule has 0 aromatic carbocycles. The van der Waals surface area contributed by atoms with E-state index in [1.807, 2.05) is 49.6 Å². The zero-order chi connectivity index (χ0) is 16.1. The van der Waals surface area contributed by atoms with Crippen molar-refractivity contribution < 1.29 is 9.90 Å². The quantitative estimate of drug-likeness (QED) is 0.860. The van der Waals surface area contributed by atoms with Crippen molar-refractivity contribution in [2.75, 3.05) is 13.2 Å². The van der Waals surface area contributed by atoms with E-state index in [2.05, 4.69) is 10.3 Å². The molecule has 5 nitrogen and oxygen atoms in total. The number of aryl methyl sites for hydroxylation is 1. The molecule has 0 fully saturated rings. The first kappa shape index (κ1) is 16.2. The third-order valence-electron chi connectivity index (χ3n) is 3.79. The van der Waals surface area contributed by atoms with E-state index in [1.165, 1.54) is 0 Å². The lowest BCUT2D eigenvalue weighted by atomic mass is 10.1. The summed E-state index contributed by atoms with van der Waals surface area (Å²) in [7, 11) is 0. The molecule has 0 radical (unpaired) electrons. The maximum absolute atomic E-state index is 12.4. The Bertz CT molecular complexity index is 635. The number of hydrogen-bond acceptors (Lipinski definition) is 3. The van der Waals surface area contributed by atoms with Crippen molar-refractivity contribution in [1.82, 2.24) is 14.9 Å². The van der Waals surface area contributed by atoms with Crippen LogP contribution < -0.4 is 5.32 Å². The number of amides is 1. The number of aliphatic hydroxyl groups is 1. The molecule has 2 rings (SSSR count). The van der Waals surface area contributed by atoms with Gasteiger partial charge in [-0.1, -0.05) is 13.0 Å². The van der Waals surface area contributed by atoms with Gasteiger partial charge in [0.05, 0.1) is 5.56 Å². The normalized spacial score (nSPS) is 12.2. The molecule has 1 unspecified atom stereocenters. The highest BCUT2D eigenvalue weighted by Crippen LogP contribution is 2.19. The fraction of sp³-hybridized carbons (Fsp3) is 0.412. The second kappa shape index (κ2) is 7.22. The molecule has 5 heteroatoms. The van der Waals surface area contributed by atoms with E-state index in [0.29, 0.717) is 18.5 Å². The van der Waals surface area contributed by atoms with Crippen LogP contribution in [-0.2, 0) is 0 Å². The summed E-state index contributed by atoms with van der Waals surface area (Å²) in [5.74, 6) is 0.985. The van der Waals surface area contributed by atoms with Gasteiger partial charge in [-0.15, -0.1) is 0 Å². The molecule has 0 saturated carbocycles. The minimum Gasteiger partial charge on any atom is -0.396 e. The molecular weight excluding hydrogens is 278 g/mol. The van der Waals surface area contributed by atoms with Gasteiger partial charge in [0.2, 0.25) is 0 Å². The summed E-state index contributed by atoms with van der Waals surface area (Å²) in [6, 6.07) is 7.60. The van der Waals surface area contributed by atoms with Crippen LogP contribution in [0.5, 0.6) is 0 Å². The molecule has 2 heterocycles. The van der Waals surface area contributed by atoms with E-state index < -0.39 is 0 Å². The van der Waals surface area contributed by atoms with E-state index in [-0.39, 0.29) is 18.4 Å². The molecule has 0 saturated heterocycles. The molecule has 0 spiro atoms. The summed E-state index contributed by atoms with van der Waals surface area (Å²) < 4.78 is 1.98. The standard InChI is InChI=1S/C17H23N3O2/c1-12(7-9-21)11-19-17(22)15-10-13(2)20(14(15)3)16-6-4-5-8-18-16/h4-6,8,10,12,21H,7,9,11H2,1-3H3,(H,19,22). The molecule has 0 aliphatic heterocycles. The van der Waals surface area contributed by atoms with Gasteiger partial charge in [-0.25, -0.2) is 4.98 Å². The first-order chi connectivity index (χ1) is 10.5. The third-order valence-corrected chi connectivity index (χ3v) is 3.79. The van der Waals surface area contributed by atoms with Crippen molar-refractivity contribution in [2.45, 2.75) is 27.2 Å². The number of carbonyl (C=O) groups is 1. The van der Waals surface area contributed by atoms with E-state index in [0.717, 1.165) is 17.2 Å². The van der Waals surface area contributed by atoms with Gasteiger partial charge in [-0.05, 0) is 44.4 Å². The molecule has 2 N–H and O–H groups in total. The fourth-order valence-electron chi connectivity index (χ4n) is 2.52. The zero-order valence-electron chi connectivity index (χ0n) is 13.3. The first-order valence-corrected chi connectivity index (χ1v) is 7.54. The van der Waals surface area contributed by atoms with Gasteiger partial charge in [0, 0.05) is 30.7 Å². The lowest BCUT2D eigenvalue weighted by Gasteiger charge is -2.11. The molecule has 1 atom stereocenters. The molecule has 0 aliphatic carbocycles. The Balaban J connectivity index is 2.18. The molecule has 118 valence electrons. The van der Waals surface area contributed by atoms with Crippen LogP contribution in [0.3, 0.4) is 0 Å². The van der Waals surface area contributed by atoms with Gasteiger partial charge in [-0.2, -0.15) is 0 Å². The zero-order valence-corrected chi connectivity index (χ0v) is 13.3. The Labute approximate surface area is 131 Å². The molecule has 22 heavy (non-hydrogen) atoms. The van der Waals surface area contributed by atoms with Gasteiger partial charge in [-0.3, -0.25) is 4.79 Å². The van der Waals surface area contributed by atoms with Crippen LogP contribution in [0.4, 0.5) is 0 Å². The van der Waals surface area contributed by atoms with Crippen LogP contribution in [0.1, 0.15) is 35.1 Å². The molecule has 2 aromatic heterocycles. The average Bonchev–Trinajstić information content (AvgIpc) is 2.81.